The molecular formula is C10H13ClF3N3O. The SMILES string of the molecule is CCOc1cc(N(CCCl)CC(F)(F)F)ncn1. The quantitative estimate of drug-likeness (QED) is 0.752. The second-order valence-electron chi connectivity index (χ2n) is 3.37. The van der Waals surface area contributed by atoms with Crippen LogP contribution in [0.25, 0.3) is 0 Å². The summed E-state index contributed by atoms with van der Waals surface area (Å²) in [5, 5.41) is 0. The van der Waals surface area contributed by atoms with Crippen molar-refractivity contribution in [2.45, 2.75) is 13.1 Å². The van der Waals surface area contributed by atoms with Gasteiger partial charge in [0.25, 0.3) is 0 Å². The Kier molecular flexibility index (Phi) is 5.46. The number of aromatic nitrogens is 2. The maximum atomic E-state index is 12.4. The van der Waals surface area contributed by atoms with Crippen molar-refractivity contribution in [3.63, 3.8) is 0 Å². The Bertz CT molecular complexity index is 376. The normalized spacial score (nSPS) is 11.4. The highest BCUT2D eigenvalue weighted by Crippen LogP contribution is 2.22. The van der Waals surface area contributed by atoms with Crippen LogP contribution >= 0.6 is 11.6 Å². The fourth-order valence-electron chi connectivity index (χ4n) is 1.32. The minimum Gasteiger partial charge on any atom is -0.478 e. The first-order valence-electron chi connectivity index (χ1n) is 5.28. The van der Waals surface area contributed by atoms with Gasteiger partial charge in [-0.3, -0.25) is 0 Å². The number of alkyl halides is 4. The Balaban J connectivity index is 2.87. The lowest BCUT2D eigenvalue weighted by Crippen LogP contribution is -2.36. The molecule has 0 aliphatic rings. The van der Waals surface area contributed by atoms with Crippen LogP contribution in [0.3, 0.4) is 0 Å². The van der Waals surface area contributed by atoms with Gasteiger partial charge in [0.1, 0.15) is 18.7 Å². The zero-order chi connectivity index (χ0) is 13.6. The Morgan fingerprint density at radius 1 is 1.39 bits per heavy atom. The highest BCUT2D eigenvalue weighted by molar-refractivity contribution is 6.18. The zero-order valence-electron chi connectivity index (χ0n) is 9.74. The molecule has 0 saturated carbocycles. The van der Waals surface area contributed by atoms with Gasteiger partial charge in [0.2, 0.25) is 5.88 Å². The molecule has 4 nitrogen and oxygen atoms in total. The number of rotatable bonds is 6. The van der Waals surface area contributed by atoms with Crippen LogP contribution in [0.15, 0.2) is 12.4 Å². The third-order valence-corrected chi connectivity index (χ3v) is 2.14. The van der Waals surface area contributed by atoms with Gasteiger partial charge in [0.15, 0.2) is 0 Å². The van der Waals surface area contributed by atoms with Crippen LogP contribution in [-0.4, -0.2) is 41.7 Å². The molecule has 0 saturated heterocycles. The van der Waals surface area contributed by atoms with Crippen LogP contribution in [-0.2, 0) is 0 Å². The van der Waals surface area contributed by atoms with Crippen molar-refractivity contribution >= 4 is 17.4 Å². The van der Waals surface area contributed by atoms with Gasteiger partial charge in [-0.15, -0.1) is 11.6 Å². The van der Waals surface area contributed by atoms with Crippen LogP contribution in [0.5, 0.6) is 5.88 Å². The molecule has 8 heteroatoms. The van der Waals surface area contributed by atoms with E-state index in [1.807, 2.05) is 0 Å². The zero-order valence-corrected chi connectivity index (χ0v) is 10.5. The molecule has 1 aromatic rings. The van der Waals surface area contributed by atoms with E-state index in [2.05, 4.69) is 9.97 Å². The fourth-order valence-corrected chi connectivity index (χ4v) is 1.53. The summed E-state index contributed by atoms with van der Waals surface area (Å²) in [5.74, 6) is 0.458. The van der Waals surface area contributed by atoms with Crippen molar-refractivity contribution in [3.05, 3.63) is 12.4 Å². The third kappa shape index (κ3) is 4.95. The summed E-state index contributed by atoms with van der Waals surface area (Å²) in [4.78, 5) is 8.63. The summed E-state index contributed by atoms with van der Waals surface area (Å²) in [6.45, 7) is 1.07. The van der Waals surface area contributed by atoms with Gasteiger partial charge in [-0.25, -0.2) is 9.97 Å². The largest absolute Gasteiger partial charge is 0.478 e. The Labute approximate surface area is 108 Å². The van der Waals surface area contributed by atoms with Gasteiger partial charge in [-0.05, 0) is 6.92 Å². The second-order valence-corrected chi connectivity index (χ2v) is 3.75. The third-order valence-electron chi connectivity index (χ3n) is 1.97. The van der Waals surface area contributed by atoms with Crippen molar-refractivity contribution < 1.29 is 17.9 Å². The molecule has 0 amide bonds. The molecule has 0 radical (unpaired) electrons. The van der Waals surface area contributed by atoms with Gasteiger partial charge in [-0.1, -0.05) is 0 Å². The molecule has 0 aromatic carbocycles. The summed E-state index contributed by atoms with van der Waals surface area (Å²) in [6, 6.07) is 1.36. The number of ether oxygens (including phenoxy) is 1. The Morgan fingerprint density at radius 3 is 2.67 bits per heavy atom. The summed E-state index contributed by atoms with van der Waals surface area (Å²) in [6.07, 6.45) is -3.15. The molecule has 0 bridgehead atoms. The van der Waals surface area contributed by atoms with E-state index in [9.17, 15) is 13.2 Å². The molecule has 0 fully saturated rings. The van der Waals surface area contributed by atoms with Crippen LogP contribution in [0.1, 0.15) is 6.92 Å². The van der Waals surface area contributed by atoms with E-state index in [-0.39, 0.29) is 24.1 Å². The van der Waals surface area contributed by atoms with E-state index >= 15 is 0 Å². The van der Waals surface area contributed by atoms with E-state index in [0.29, 0.717) is 6.61 Å². The average molecular weight is 284 g/mol. The maximum absolute atomic E-state index is 12.4. The molecule has 18 heavy (non-hydrogen) atoms. The molecule has 0 aliphatic carbocycles. The van der Waals surface area contributed by atoms with Gasteiger partial charge in [0.05, 0.1) is 6.61 Å². The van der Waals surface area contributed by atoms with E-state index in [4.69, 9.17) is 16.3 Å². The molecule has 1 rings (SSSR count). The van der Waals surface area contributed by atoms with Crippen LogP contribution in [0.2, 0.25) is 0 Å². The van der Waals surface area contributed by atoms with E-state index in [1.54, 1.807) is 6.92 Å². The number of halogens is 4. The summed E-state index contributed by atoms with van der Waals surface area (Å²) in [5.41, 5.74) is 0. The van der Waals surface area contributed by atoms with Crippen LogP contribution in [0.4, 0.5) is 19.0 Å². The topological polar surface area (TPSA) is 38.2 Å². The van der Waals surface area contributed by atoms with Gasteiger partial charge in [0, 0.05) is 18.5 Å². The van der Waals surface area contributed by atoms with Gasteiger partial charge in [-0.2, -0.15) is 13.2 Å². The molecule has 0 N–H and O–H groups in total. The van der Waals surface area contributed by atoms with Gasteiger partial charge < -0.3 is 9.64 Å². The van der Waals surface area contributed by atoms with Crippen molar-refractivity contribution in [2.24, 2.45) is 0 Å². The van der Waals surface area contributed by atoms with Crippen molar-refractivity contribution in [1.82, 2.24) is 9.97 Å². The molecule has 0 unspecified atom stereocenters. The Morgan fingerprint density at radius 2 is 2.11 bits per heavy atom. The highest BCUT2D eigenvalue weighted by atomic mass is 35.5. The predicted molar refractivity (Wildman–Crippen MR) is 62.2 cm³/mol. The molecule has 102 valence electrons. The number of anilines is 1. The monoisotopic (exact) mass is 283 g/mol. The Hall–Kier alpha value is -1.24. The maximum Gasteiger partial charge on any atom is 0.405 e. The smallest absolute Gasteiger partial charge is 0.405 e. The van der Waals surface area contributed by atoms with Crippen molar-refractivity contribution in [1.29, 1.82) is 0 Å². The molecule has 1 heterocycles. The summed E-state index contributed by atoms with van der Waals surface area (Å²) >= 11 is 5.49. The summed E-state index contributed by atoms with van der Waals surface area (Å²) in [7, 11) is 0. The van der Waals surface area contributed by atoms with Crippen molar-refractivity contribution in [2.75, 3.05) is 30.5 Å². The van der Waals surface area contributed by atoms with E-state index in [0.717, 1.165) is 11.2 Å². The number of hydrogen-bond acceptors (Lipinski definition) is 4. The predicted octanol–water partition coefficient (Wildman–Crippen LogP) is 2.48. The minimum atomic E-state index is -4.32. The first-order chi connectivity index (χ1) is 8.46. The van der Waals surface area contributed by atoms with E-state index in [1.165, 1.54) is 6.07 Å². The fraction of sp³-hybridized carbons (Fsp3) is 0.600. The summed E-state index contributed by atoms with van der Waals surface area (Å²) < 4.78 is 42.3. The molecule has 0 spiro atoms. The molecule has 0 atom stereocenters. The van der Waals surface area contributed by atoms with Crippen LogP contribution < -0.4 is 9.64 Å². The van der Waals surface area contributed by atoms with Gasteiger partial charge >= 0.3 is 6.18 Å². The highest BCUT2D eigenvalue weighted by Gasteiger charge is 2.31. The molecule has 1 aromatic heterocycles. The average Bonchev–Trinajstić information content (AvgIpc) is 2.28. The molecule has 0 aliphatic heterocycles. The minimum absolute atomic E-state index is 0.0453. The number of hydrogen-bond donors (Lipinski definition) is 0. The first kappa shape index (κ1) is 14.8. The van der Waals surface area contributed by atoms with Crippen LogP contribution in [0, 0.1) is 0 Å². The van der Waals surface area contributed by atoms with E-state index < -0.39 is 12.7 Å². The lowest BCUT2D eigenvalue weighted by Gasteiger charge is -2.23. The second kappa shape index (κ2) is 6.63. The lowest BCUT2D eigenvalue weighted by atomic mass is 10.4. The first-order valence-corrected chi connectivity index (χ1v) is 5.82. The van der Waals surface area contributed by atoms with Crippen molar-refractivity contribution in [3.8, 4) is 5.88 Å². The molecular weight excluding hydrogens is 271 g/mol. The standard InChI is InChI=1S/C10H13ClF3N3O/c1-2-18-9-5-8(15-7-16-9)17(4-3-11)6-10(12,13)14/h5,7H,2-4,6H2,1H3. The number of nitrogens with zero attached hydrogens (tertiary/aromatic N) is 3. The lowest BCUT2D eigenvalue weighted by molar-refractivity contribution is -0.119.